The number of carboxylic acids is 3. The van der Waals surface area contributed by atoms with Gasteiger partial charge in [0.1, 0.15) is 0 Å². The molecule has 0 aromatic rings. The molecule has 0 atom stereocenters. The largest absolute Gasteiger partial charge is 0.479 e. The standard InChI is InChI=1S/C6H6O7/c7-4(8)1-3(6(11)12)13-2-5(9)10/h1H,2H2,(H,7,8)(H,9,10)(H,11,12)/b3-1+. The first-order chi connectivity index (χ1) is 5.93. The minimum absolute atomic E-state index is 0.269. The van der Waals surface area contributed by atoms with Gasteiger partial charge in [-0.25, -0.2) is 14.4 Å². The van der Waals surface area contributed by atoms with E-state index in [2.05, 4.69) is 4.74 Å². The Balaban J connectivity index is 4.36. The monoisotopic (exact) mass is 190 g/mol. The van der Waals surface area contributed by atoms with E-state index < -0.39 is 30.3 Å². The maximum atomic E-state index is 10.2. The predicted molar refractivity (Wildman–Crippen MR) is 36.9 cm³/mol. The highest BCUT2D eigenvalue weighted by Crippen LogP contribution is 1.96. The lowest BCUT2D eigenvalue weighted by atomic mass is 10.4. The third-order valence-corrected chi connectivity index (χ3v) is 0.817. The quantitative estimate of drug-likeness (QED) is 0.381. The second kappa shape index (κ2) is 4.75. The zero-order valence-corrected chi connectivity index (χ0v) is 6.26. The van der Waals surface area contributed by atoms with Gasteiger partial charge in [-0.1, -0.05) is 0 Å². The van der Waals surface area contributed by atoms with Crippen LogP contribution in [0.15, 0.2) is 11.8 Å². The summed E-state index contributed by atoms with van der Waals surface area (Å²) in [5, 5.41) is 24.5. The van der Waals surface area contributed by atoms with Crippen LogP contribution in [0.25, 0.3) is 0 Å². The maximum absolute atomic E-state index is 10.2. The van der Waals surface area contributed by atoms with Gasteiger partial charge in [0, 0.05) is 0 Å². The van der Waals surface area contributed by atoms with Crippen molar-refractivity contribution in [2.24, 2.45) is 0 Å². The Labute approximate surface area is 71.9 Å². The summed E-state index contributed by atoms with van der Waals surface area (Å²) in [4.78, 5) is 30.1. The van der Waals surface area contributed by atoms with Gasteiger partial charge in [0.15, 0.2) is 6.61 Å². The molecule has 0 bridgehead atoms. The van der Waals surface area contributed by atoms with Crippen LogP contribution in [-0.4, -0.2) is 39.8 Å². The first-order valence-electron chi connectivity index (χ1n) is 2.96. The van der Waals surface area contributed by atoms with E-state index in [0.717, 1.165) is 0 Å². The zero-order valence-electron chi connectivity index (χ0n) is 6.26. The molecule has 0 spiro atoms. The summed E-state index contributed by atoms with van der Waals surface area (Å²) in [6.45, 7) is -0.897. The molecular weight excluding hydrogens is 184 g/mol. The van der Waals surface area contributed by atoms with E-state index in [1.165, 1.54) is 0 Å². The topological polar surface area (TPSA) is 121 Å². The summed E-state index contributed by atoms with van der Waals surface area (Å²) in [5.74, 6) is -5.47. The Morgan fingerprint density at radius 3 is 2.00 bits per heavy atom. The first kappa shape index (κ1) is 11.0. The summed E-state index contributed by atoms with van der Waals surface area (Å²) < 4.78 is 4.16. The molecule has 0 saturated carbocycles. The van der Waals surface area contributed by atoms with Crippen molar-refractivity contribution in [2.45, 2.75) is 0 Å². The van der Waals surface area contributed by atoms with Crippen molar-refractivity contribution >= 4 is 17.9 Å². The summed E-state index contributed by atoms with van der Waals surface area (Å²) in [7, 11) is 0. The molecule has 7 nitrogen and oxygen atoms in total. The Morgan fingerprint density at radius 1 is 1.15 bits per heavy atom. The van der Waals surface area contributed by atoms with Gasteiger partial charge < -0.3 is 20.1 Å². The van der Waals surface area contributed by atoms with Crippen molar-refractivity contribution in [2.75, 3.05) is 6.61 Å². The molecular formula is C6H6O7. The van der Waals surface area contributed by atoms with Crippen molar-refractivity contribution in [3.05, 3.63) is 11.8 Å². The Bertz CT molecular complexity index is 264. The summed E-state index contributed by atoms with van der Waals surface area (Å²) in [6, 6.07) is 0. The number of carbonyl (C=O) groups is 3. The SMILES string of the molecule is O=C(O)/C=C(/OCC(=O)O)C(=O)O. The van der Waals surface area contributed by atoms with Crippen LogP contribution in [0.4, 0.5) is 0 Å². The lowest BCUT2D eigenvalue weighted by Crippen LogP contribution is -2.13. The molecule has 0 amide bonds. The van der Waals surface area contributed by atoms with Gasteiger partial charge in [-0.3, -0.25) is 0 Å². The van der Waals surface area contributed by atoms with Crippen LogP contribution in [0.1, 0.15) is 0 Å². The number of carboxylic acid groups (broad SMARTS) is 3. The van der Waals surface area contributed by atoms with Gasteiger partial charge >= 0.3 is 17.9 Å². The van der Waals surface area contributed by atoms with Crippen LogP contribution in [-0.2, 0) is 19.1 Å². The molecule has 0 aliphatic heterocycles. The molecule has 0 radical (unpaired) electrons. The predicted octanol–water partition coefficient (Wildman–Crippen LogP) is -0.859. The van der Waals surface area contributed by atoms with E-state index in [1.54, 1.807) is 0 Å². The van der Waals surface area contributed by atoms with Crippen molar-refractivity contribution in [1.82, 2.24) is 0 Å². The lowest BCUT2D eigenvalue weighted by molar-refractivity contribution is -0.144. The average molecular weight is 190 g/mol. The van der Waals surface area contributed by atoms with Gasteiger partial charge in [-0.15, -0.1) is 0 Å². The van der Waals surface area contributed by atoms with E-state index >= 15 is 0 Å². The average Bonchev–Trinajstić information content (AvgIpc) is 1.96. The fourth-order valence-corrected chi connectivity index (χ4v) is 0.417. The Morgan fingerprint density at radius 2 is 1.69 bits per heavy atom. The number of hydrogen-bond acceptors (Lipinski definition) is 4. The van der Waals surface area contributed by atoms with E-state index in [0.29, 0.717) is 0 Å². The van der Waals surface area contributed by atoms with Gasteiger partial charge in [0.2, 0.25) is 5.76 Å². The Kier molecular flexibility index (Phi) is 4.00. The number of aliphatic carboxylic acids is 3. The highest BCUT2D eigenvalue weighted by molar-refractivity contribution is 5.93. The molecule has 0 rings (SSSR count). The van der Waals surface area contributed by atoms with Crippen LogP contribution >= 0.6 is 0 Å². The molecule has 0 fully saturated rings. The molecule has 0 aromatic heterocycles. The van der Waals surface area contributed by atoms with Crippen LogP contribution in [0, 0.1) is 0 Å². The highest BCUT2D eigenvalue weighted by atomic mass is 16.5. The van der Waals surface area contributed by atoms with Crippen molar-refractivity contribution in [3.63, 3.8) is 0 Å². The fraction of sp³-hybridized carbons (Fsp3) is 0.167. The third-order valence-electron chi connectivity index (χ3n) is 0.817. The lowest BCUT2D eigenvalue weighted by Gasteiger charge is -2.01. The second-order valence-corrected chi connectivity index (χ2v) is 1.83. The van der Waals surface area contributed by atoms with Crippen LogP contribution in [0.3, 0.4) is 0 Å². The zero-order chi connectivity index (χ0) is 10.4. The molecule has 0 aromatic carbocycles. The minimum Gasteiger partial charge on any atom is -0.479 e. The number of ether oxygens (including phenoxy) is 1. The fourth-order valence-electron chi connectivity index (χ4n) is 0.417. The highest BCUT2D eigenvalue weighted by Gasteiger charge is 2.12. The molecule has 0 aliphatic rings. The van der Waals surface area contributed by atoms with Gasteiger partial charge in [-0.05, 0) is 0 Å². The minimum atomic E-state index is -1.64. The first-order valence-corrected chi connectivity index (χ1v) is 2.96. The Hall–Kier alpha value is -2.05. The smallest absolute Gasteiger partial charge is 0.371 e. The van der Waals surface area contributed by atoms with Crippen molar-refractivity contribution in [1.29, 1.82) is 0 Å². The van der Waals surface area contributed by atoms with Gasteiger partial charge in [-0.2, -0.15) is 0 Å². The van der Waals surface area contributed by atoms with Gasteiger partial charge in [0.25, 0.3) is 0 Å². The maximum Gasteiger partial charge on any atom is 0.371 e. The van der Waals surface area contributed by atoms with Crippen molar-refractivity contribution < 1.29 is 34.4 Å². The van der Waals surface area contributed by atoms with E-state index in [9.17, 15) is 14.4 Å². The van der Waals surface area contributed by atoms with E-state index in [1.807, 2.05) is 0 Å². The van der Waals surface area contributed by atoms with Crippen LogP contribution in [0.2, 0.25) is 0 Å². The second-order valence-electron chi connectivity index (χ2n) is 1.83. The van der Waals surface area contributed by atoms with Crippen LogP contribution in [0.5, 0.6) is 0 Å². The normalized spacial score (nSPS) is 10.6. The molecule has 13 heavy (non-hydrogen) atoms. The number of hydrogen-bond donors (Lipinski definition) is 3. The van der Waals surface area contributed by atoms with E-state index in [4.69, 9.17) is 15.3 Å². The van der Waals surface area contributed by atoms with Crippen molar-refractivity contribution in [3.8, 4) is 0 Å². The number of rotatable bonds is 5. The van der Waals surface area contributed by atoms with Crippen LogP contribution < -0.4 is 0 Å². The molecule has 0 saturated heterocycles. The molecule has 0 heterocycles. The molecule has 3 N–H and O–H groups in total. The molecule has 7 heteroatoms. The summed E-state index contributed by atoms with van der Waals surface area (Å²) >= 11 is 0. The molecule has 72 valence electrons. The van der Waals surface area contributed by atoms with Gasteiger partial charge in [0.05, 0.1) is 6.08 Å². The summed E-state index contributed by atoms with van der Waals surface area (Å²) in [6.07, 6.45) is 0.269. The van der Waals surface area contributed by atoms with E-state index in [-0.39, 0.29) is 6.08 Å². The summed E-state index contributed by atoms with van der Waals surface area (Å²) in [5.41, 5.74) is 0. The molecule has 0 unspecified atom stereocenters. The molecule has 0 aliphatic carbocycles. The third kappa shape index (κ3) is 5.24.